The highest BCUT2D eigenvalue weighted by Gasteiger charge is 2.58. The van der Waals surface area contributed by atoms with Gasteiger partial charge in [0.05, 0.1) is 11.7 Å². The van der Waals surface area contributed by atoms with E-state index in [1.807, 2.05) is 0 Å². The van der Waals surface area contributed by atoms with Crippen LogP contribution in [0.5, 0.6) is 0 Å². The van der Waals surface area contributed by atoms with E-state index in [1.54, 1.807) is 7.11 Å². The van der Waals surface area contributed by atoms with E-state index in [1.165, 1.54) is 0 Å². The predicted molar refractivity (Wildman–Crippen MR) is 54.9 cm³/mol. The Labute approximate surface area is 85.6 Å². The van der Waals surface area contributed by atoms with Crippen LogP contribution in [0.2, 0.25) is 0 Å². The molecule has 2 atom stereocenters. The number of rotatable bonds is 3. The van der Waals surface area contributed by atoms with Gasteiger partial charge in [0.1, 0.15) is 0 Å². The van der Waals surface area contributed by atoms with Gasteiger partial charge in [-0.2, -0.15) is 0 Å². The molecule has 0 aromatic heterocycles. The minimum absolute atomic E-state index is 0.0319. The van der Waals surface area contributed by atoms with Crippen molar-refractivity contribution in [3.8, 4) is 0 Å². The molecule has 0 heterocycles. The highest BCUT2D eigenvalue weighted by Crippen LogP contribution is 2.58. The fraction of sp³-hybridized carbons (Fsp3) is 1.00. The summed E-state index contributed by atoms with van der Waals surface area (Å²) in [5.74, 6) is 0. The summed E-state index contributed by atoms with van der Waals surface area (Å²) < 4.78 is 5.35. The number of hydrogen-bond donors (Lipinski definition) is 2. The standard InChI is InChI=1S/C11H21NO2/c1-14-9-3-2-4-11(13,7-9)10(8-12)5-6-10/h9,13H,2-8,12H2,1H3. The van der Waals surface area contributed by atoms with E-state index in [-0.39, 0.29) is 11.5 Å². The molecule has 0 aromatic carbocycles. The number of methoxy groups -OCH3 is 1. The molecule has 82 valence electrons. The largest absolute Gasteiger partial charge is 0.389 e. The Balaban J connectivity index is 2.07. The van der Waals surface area contributed by atoms with Crippen LogP contribution in [0.1, 0.15) is 38.5 Å². The topological polar surface area (TPSA) is 55.5 Å². The molecule has 0 aromatic rings. The quantitative estimate of drug-likeness (QED) is 0.714. The molecule has 2 saturated carbocycles. The Morgan fingerprint density at radius 2 is 2.14 bits per heavy atom. The maximum atomic E-state index is 10.6. The monoisotopic (exact) mass is 199 g/mol. The molecule has 0 bridgehead atoms. The molecule has 2 unspecified atom stereocenters. The number of nitrogens with two attached hydrogens (primary N) is 1. The van der Waals surface area contributed by atoms with E-state index in [2.05, 4.69) is 0 Å². The van der Waals surface area contributed by atoms with Gasteiger partial charge in [0.2, 0.25) is 0 Å². The lowest BCUT2D eigenvalue weighted by Crippen LogP contribution is -2.48. The van der Waals surface area contributed by atoms with Gasteiger partial charge in [0.25, 0.3) is 0 Å². The summed E-state index contributed by atoms with van der Waals surface area (Å²) in [6.45, 7) is 0.625. The normalized spacial score (nSPS) is 40.9. The first-order chi connectivity index (χ1) is 6.66. The Morgan fingerprint density at radius 3 is 2.64 bits per heavy atom. The number of aliphatic hydroxyl groups is 1. The summed E-state index contributed by atoms with van der Waals surface area (Å²) in [6.07, 6.45) is 6.26. The Hall–Kier alpha value is -0.120. The third-order valence-electron chi connectivity index (χ3n) is 4.25. The Kier molecular flexibility index (Phi) is 2.58. The van der Waals surface area contributed by atoms with Gasteiger partial charge in [-0.1, -0.05) is 0 Å². The lowest BCUT2D eigenvalue weighted by Gasteiger charge is -2.42. The summed E-state index contributed by atoms with van der Waals surface area (Å²) in [4.78, 5) is 0. The van der Waals surface area contributed by atoms with E-state index < -0.39 is 5.60 Å². The summed E-state index contributed by atoms with van der Waals surface area (Å²) in [6, 6.07) is 0. The number of ether oxygens (including phenoxy) is 1. The molecule has 2 fully saturated rings. The predicted octanol–water partition coefficient (Wildman–Crippen LogP) is 1.05. The van der Waals surface area contributed by atoms with Crippen LogP contribution in [-0.2, 0) is 4.74 Å². The van der Waals surface area contributed by atoms with Crippen molar-refractivity contribution in [2.24, 2.45) is 11.1 Å². The molecule has 2 aliphatic carbocycles. The van der Waals surface area contributed by atoms with Gasteiger partial charge >= 0.3 is 0 Å². The van der Waals surface area contributed by atoms with Crippen molar-refractivity contribution in [2.45, 2.75) is 50.2 Å². The first kappa shape index (κ1) is 10.4. The summed E-state index contributed by atoms with van der Waals surface area (Å²) >= 11 is 0. The maximum absolute atomic E-state index is 10.6. The third-order valence-corrected chi connectivity index (χ3v) is 4.25. The van der Waals surface area contributed by atoms with Gasteiger partial charge in [-0.15, -0.1) is 0 Å². The van der Waals surface area contributed by atoms with Crippen molar-refractivity contribution < 1.29 is 9.84 Å². The van der Waals surface area contributed by atoms with Crippen molar-refractivity contribution in [2.75, 3.05) is 13.7 Å². The van der Waals surface area contributed by atoms with Crippen LogP contribution in [0.3, 0.4) is 0 Å². The van der Waals surface area contributed by atoms with Crippen molar-refractivity contribution >= 4 is 0 Å². The van der Waals surface area contributed by atoms with E-state index >= 15 is 0 Å². The lowest BCUT2D eigenvalue weighted by molar-refractivity contribution is -0.102. The molecule has 14 heavy (non-hydrogen) atoms. The molecule has 2 aliphatic rings. The molecule has 0 amide bonds. The minimum atomic E-state index is -0.541. The van der Waals surface area contributed by atoms with E-state index in [9.17, 15) is 5.11 Å². The van der Waals surface area contributed by atoms with Crippen LogP contribution in [0.4, 0.5) is 0 Å². The summed E-state index contributed by atoms with van der Waals surface area (Å²) in [7, 11) is 1.73. The first-order valence-corrected chi connectivity index (χ1v) is 5.61. The molecule has 0 radical (unpaired) electrons. The highest BCUT2D eigenvalue weighted by atomic mass is 16.5. The molecule has 3 heteroatoms. The summed E-state index contributed by atoms with van der Waals surface area (Å²) in [5.41, 5.74) is 5.26. The number of hydrogen-bond acceptors (Lipinski definition) is 3. The van der Waals surface area contributed by atoms with Crippen LogP contribution in [-0.4, -0.2) is 30.5 Å². The third kappa shape index (κ3) is 1.47. The fourth-order valence-electron chi connectivity index (χ4n) is 2.90. The van der Waals surface area contributed by atoms with Crippen LogP contribution >= 0.6 is 0 Å². The molecular formula is C11H21NO2. The van der Waals surface area contributed by atoms with Crippen molar-refractivity contribution in [1.29, 1.82) is 0 Å². The van der Waals surface area contributed by atoms with Gasteiger partial charge in [-0.3, -0.25) is 0 Å². The lowest BCUT2D eigenvalue weighted by atomic mass is 9.72. The van der Waals surface area contributed by atoms with Crippen molar-refractivity contribution in [3.63, 3.8) is 0 Å². The minimum Gasteiger partial charge on any atom is -0.389 e. The highest BCUT2D eigenvalue weighted by molar-refractivity contribution is 5.10. The smallest absolute Gasteiger partial charge is 0.0740 e. The maximum Gasteiger partial charge on any atom is 0.0740 e. The van der Waals surface area contributed by atoms with E-state index in [0.717, 1.165) is 38.5 Å². The van der Waals surface area contributed by atoms with E-state index in [4.69, 9.17) is 10.5 Å². The second-order valence-electron chi connectivity index (χ2n) is 4.97. The van der Waals surface area contributed by atoms with Crippen LogP contribution in [0, 0.1) is 5.41 Å². The zero-order chi connectivity index (χ0) is 10.2. The second kappa shape index (κ2) is 3.47. The van der Waals surface area contributed by atoms with Gasteiger partial charge < -0.3 is 15.6 Å². The zero-order valence-corrected chi connectivity index (χ0v) is 8.96. The Morgan fingerprint density at radius 1 is 1.43 bits per heavy atom. The zero-order valence-electron chi connectivity index (χ0n) is 8.96. The average Bonchev–Trinajstić information content (AvgIpc) is 2.98. The molecular weight excluding hydrogens is 178 g/mol. The molecule has 0 spiro atoms. The fourth-order valence-corrected chi connectivity index (χ4v) is 2.90. The van der Waals surface area contributed by atoms with Gasteiger partial charge in [0, 0.05) is 25.5 Å². The molecule has 3 nitrogen and oxygen atoms in total. The Bertz CT molecular complexity index is 215. The van der Waals surface area contributed by atoms with Crippen LogP contribution in [0.25, 0.3) is 0 Å². The van der Waals surface area contributed by atoms with Gasteiger partial charge in [-0.25, -0.2) is 0 Å². The SMILES string of the molecule is COC1CCCC(O)(C2(CN)CC2)C1. The van der Waals surface area contributed by atoms with Crippen LogP contribution < -0.4 is 5.73 Å². The average molecular weight is 199 g/mol. The first-order valence-electron chi connectivity index (χ1n) is 5.61. The van der Waals surface area contributed by atoms with Gasteiger partial charge in [-0.05, 0) is 32.1 Å². The molecule has 0 aliphatic heterocycles. The summed E-state index contributed by atoms with van der Waals surface area (Å²) in [5, 5.41) is 10.6. The molecule has 0 saturated heterocycles. The van der Waals surface area contributed by atoms with Crippen molar-refractivity contribution in [1.82, 2.24) is 0 Å². The second-order valence-corrected chi connectivity index (χ2v) is 4.97. The van der Waals surface area contributed by atoms with Gasteiger partial charge in [0.15, 0.2) is 0 Å². The van der Waals surface area contributed by atoms with Crippen molar-refractivity contribution in [3.05, 3.63) is 0 Å². The van der Waals surface area contributed by atoms with E-state index in [0.29, 0.717) is 6.54 Å². The molecule has 3 N–H and O–H groups in total. The molecule has 2 rings (SSSR count). The van der Waals surface area contributed by atoms with Crippen LogP contribution in [0.15, 0.2) is 0 Å².